The largest absolute Gasteiger partial charge is 0.355 e. The van der Waals surface area contributed by atoms with Crippen molar-refractivity contribution < 1.29 is 4.79 Å². The van der Waals surface area contributed by atoms with Crippen molar-refractivity contribution in [2.45, 2.75) is 54.0 Å². The van der Waals surface area contributed by atoms with Crippen molar-refractivity contribution in [3.63, 3.8) is 0 Å². The maximum absolute atomic E-state index is 10.5. The van der Waals surface area contributed by atoms with Crippen LogP contribution in [0.15, 0.2) is 0 Å². The number of hydrogen-bond donors (Lipinski definition) is 1. The summed E-state index contributed by atoms with van der Waals surface area (Å²) in [6.07, 6.45) is 1.88. The molecule has 1 N–H and O–H groups in total. The van der Waals surface area contributed by atoms with Gasteiger partial charge in [0.2, 0.25) is 6.41 Å². The Hall–Kier alpha value is -0.530. The molecule has 0 heterocycles. The fraction of sp³-hybridized carbons (Fsp3) is 0.909. The second kappa shape index (κ2) is 4.12. The molecule has 0 rings (SSSR count). The van der Waals surface area contributed by atoms with Crippen LogP contribution in [0, 0.1) is 10.8 Å². The zero-order valence-electron chi connectivity index (χ0n) is 9.77. The van der Waals surface area contributed by atoms with Crippen molar-refractivity contribution in [3.05, 3.63) is 0 Å². The molecule has 0 saturated carbocycles. The molecule has 0 aliphatic rings. The van der Waals surface area contributed by atoms with Crippen LogP contribution in [-0.2, 0) is 4.79 Å². The predicted molar refractivity (Wildman–Crippen MR) is 56.5 cm³/mol. The zero-order chi connectivity index (χ0) is 10.7. The zero-order valence-corrected chi connectivity index (χ0v) is 9.77. The van der Waals surface area contributed by atoms with Crippen LogP contribution < -0.4 is 5.32 Å². The summed E-state index contributed by atoms with van der Waals surface area (Å²) in [5, 5.41) is 2.93. The molecule has 0 radical (unpaired) electrons. The lowest BCUT2D eigenvalue weighted by molar-refractivity contribution is -0.112. The van der Waals surface area contributed by atoms with Crippen molar-refractivity contribution in [3.8, 4) is 0 Å². The second-order valence-corrected chi connectivity index (χ2v) is 5.43. The Morgan fingerprint density at radius 1 is 1.23 bits per heavy atom. The Labute approximate surface area is 82.1 Å². The van der Waals surface area contributed by atoms with E-state index in [2.05, 4.69) is 46.9 Å². The highest BCUT2D eigenvalue weighted by atomic mass is 16.1. The molecule has 0 saturated heterocycles. The van der Waals surface area contributed by atoms with E-state index in [9.17, 15) is 4.79 Å². The second-order valence-electron chi connectivity index (χ2n) is 5.43. The van der Waals surface area contributed by atoms with Crippen molar-refractivity contribution in [1.29, 1.82) is 0 Å². The van der Waals surface area contributed by atoms with Crippen LogP contribution in [0.3, 0.4) is 0 Å². The van der Waals surface area contributed by atoms with Crippen molar-refractivity contribution >= 4 is 6.41 Å². The summed E-state index contributed by atoms with van der Waals surface area (Å²) in [6, 6.07) is 0.225. The third kappa shape index (κ3) is 3.37. The van der Waals surface area contributed by atoms with Crippen molar-refractivity contribution in [2.75, 3.05) is 0 Å². The third-order valence-electron chi connectivity index (χ3n) is 2.79. The number of hydrogen-bond acceptors (Lipinski definition) is 1. The van der Waals surface area contributed by atoms with E-state index in [-0.39, 0.29) is 16.9 Å². The van der Waals surface area contributed by atoms with Gasteiger partial charge in [-0.1, -0.05) is 41.5 Å². The Kier molecular flexibility index (Phi) is 3.95. The molecule has 13 heavy (non-hydrogen) atoms. The minimum atomic E-state index is 0.112. The van der Waals surface area contributed by atoms with E-state index >= 15 is 0 Å². The lowest BCUT2D eigenvalue weighted by atomic mass is 9.70. The van der Waals surface area contributed by atoms with Crippen molar-refractivity contribution in [1.82, 2.24) is 5.32 Å². The van der Waals surface area contributed by atoms with Gasteiger partial charge in [0, 0.05) is 6.04 Å². The highest BCUT2D eigenvalue weighted by molar-refractivity contribution is 5.47. The average molecular weight is 185 g/mol. The molecule has 1 unspecified atom stereocenters. The number of rotatable bonds is 4. The minimum Gasteiger partial charge on any atom is -0.355 e. The van der Waals surface area contributed by atoms with Gasteiger partial charge in [-0.2, -0.15) is 0 Å². The van der Waals surface area contributed by atoms with Crippen molar-refractivity contribution in [2.24, 2.45) is 10.8 Å². The van der Waals surface area contributed by atoms with Gasteiger partial charge in [0.25, 0.3) is 0 Å². The SMILES string of the molecule is CCC(C)(C)C(NC=O)C(C)(C)C. The summed E-state index contributed by atoms with van der Waals surface area (Å²) in [4.78, 5) is 10.5. The first-order valence-electron chi connectivity index (χ1n) is 4.95. The van der Waals surface area contributed by atoms with E-state index in [0.717, 1.165) is 12.8 Å². The fourth-order valence-corrected chi connectivity index (χ4v) is 1.92. The first kappa shape index (κ1) is 12.5. The molecule has 2 nitrogen and oxygen atoms in total. The van der Waals surface area contributed by atoms with E-state index in [0.29, 0.717) is 0 Å². The molecule has 1 amide bonds. The smallest absolute Gasteiger partial charge is 0.207 e. The van der Waals surface area contributed by atoms with Crippen LogP contribution in [0.5, 0.6) is 0 Å². The standard InChI is InChI=1S/C11H23NO/c1-7-11(5,6)9(12-8-13)10(2,3)4/h8-9H,7H2,1-6H3,(H,12,13). The van der Waals surface area contributed by atoms with Gasteiger partial charge >= 0.3 is 0 Å². The quantitative estimate of drug-likeness (QED) is 0.670. The van der Waals surface area contributed by atoms with Gasteiger partial charge in [0.05, 0.1) is 0 Å². The van der Waals surface area contributed by atoms with Crippen LogP contribution in [0.25, 0.3) is 0 Å². The molecule has 2 heteroatoms. The summed E-state index contributed by atoms with van der Waals surface area (Å²) in [6.45, 7) is 13.0. The molecule has 0 aromatic rings. The first-order chi connectivity index (χ1) is 5.75. The fourth-order valence-electron chi connectivity index (χ4n) is 1.92. The van der Waals surface area contributed by atoms with Crippen LogP contribution in [0.4, 0.5) is 0 Å². The van der Waals surface area contributed by atoms with Gasteiger partial charge in [0.15, 0.2) is 0 Å². The summed E-state index contributed by atoms with van der Waals surface area (Å²) in [7, 11) is 0. The van der Waals surface area contributed by atoms with Crippen LogP contribution >= 0.6 is 0 Å². The van der Waals surface area contributed by atoms with Gasteiger partial charge in [0.1, 0.15) is 0 Å². The van der Waals surface area contributed by atoms with E-state index in [1.165, 1.54) is 0 Å². The van der Waals surface area contributed by atoms with Gasteiger partial charge in [-0.3, -0.25) is 4.79 Å². The lowest BCUT2D eigenvalue weighted by Gasteiger charge is -2.42. The molecule has 0 aliphatic heterocycles. The third-order valence-corrected chi connectivity index (χ3v) is 2.79. The summed E-state index contributed by atoms with van der Waals surface area (Å²) >= 11 is 0. The predicted octanol–water partition coefficient (Wildman–Crippen LogP) is 2.58. The lowest BCUT2D eigenvalue weighted by Crippen LogP contribution is -2.49. The molecule has 0 aromatic carbocycles. The maximum Gasteiger partial charge on any atom is 0.207 e. The minimum absolute atomic E-state index is 0.112. The van der Waals surface area contributed by atoms with Gasteiger partial charge in [-0.15, -0.1) is 0 Å². The molecule has 78 valence electrons. The number of carbonyl (C=O) groups excluding carboxylic acids is 1. The maximum atomic E-state index is 10.5. The Balaban J connectivity index is 4.70. The van der Waals surface area contributed by atoms with E-state index in [1.807, 2.05) is 0 Å². The summed E-state index contributed by atoms with van der Waals surface area (Å²) < 4.78 is 0. The highest BCUT2D eigenvalue weighted by Crippen LogP contribution is 2.35. The molecular weight excluding hydrogens is 162 g/mol. The van der Waals surface area contributed by atoms with E-state index in [4.69, 9.17) is 0 Å². The average Bonchev–Trinajstić information content (AvgIpc) is 1.98. The van der Waals surface area contributed by atoms with Crippen LogP contribution in [0.1, 0.15) is 48.0 Å². The number of amides is 1. The highest BCUT2D eigenvalue weighted by Gasteiger charge is 2.36. The van der Waals surface area contributed by atoms with Gasteiger partial charge in [-0.05, 0) is 17.3 Å². The molecule has 0 aromatic heterocycles. The Morgan fingerprint density at radius 3 is 1.92 bits per heavy atom. The Bertz CT molecular complexity index is 167. The first-order valence-corrected chi connectivity index (χ1v) is 4.95. The van der Waals surface area contributed by atoms with E-state index in [1.54, 1.807) is 0 Å². The van der Waals surface area contributed by atoms with Gasteiger partial charge in [-0.25, -0.2) is 0 Å². The molecule has 0 fully saturated rings. The molecule has 0 spiro atoms. The molecular formula is C11H23NO. The van der Waals surface area contributed by atoms with E-state index < -0.39 is 0 Å². The van der Waals surface area contributed by atoms with Gasteiger partial charge < -0.3 is 5.32 Å². The molecule has 0 aliphatic carbocycles. The molecule has 1 atom stereocenters. The monoisotopic (exact) mass is 185 g/mol. The number of nitrogens with one attached hydrogen (secondary N) is 1. The normalized spacial score (nSPS) is 15.2. The summed E-state index contributed by atoms with van der Waals surface area (Å²) in [5.41, 5.74) is 0.263. The Morgan fingerprint density at radius 2 is 1.69 bits per heavy atom. The topological polar surface area (TPSA) is 29.1 Å². The summed E-state index contributed by atoms with van der Waals surface area (Å²) in [5.74, 6) is 0. The van der Waals surface area contributed by atoms with Crippen LogP contribution in [0.2, 0.25) is 0 Å². The number of carbonyl (C=O) groups is 1. The molecule has 0 bridgehead atoms. The van der Waals surface area contributed by atoms with Crippen LogP contribution in [-0.4, -0.2) is 12.5 Å².